The molecule has 1 rings (SSSR count). The van der Waals surface area contributed by atoms with Crippen LogP contribution in [0.2, 0.25) is 0 Å². The second-order valence-electron chi connectivity index (χ2n) is 8.27. The predicted octanol–water partition coefficient (Wildman–Crippen LogP) is 6.54. The number of halogens is 4. The molecule has 0 aromatic heterocycles. The third-order valence-corrected chi connectivity index (χ3v) is 2.47. The van der Waals surface area contributed by atoms with E-state index in [9.17, 15) is 0 Å². The van der Waals surface area contributed by atoms with Crippen LogP contribution in [0.1, 0.15) is 67.4 Å². The van der Waals surface area contributed by atoms with Crippen molar-refractivity contribution in [3.8, 4) is 0 Å². The molecular weight excluding hydrogens is 441 g/mol. The second kappa shape index (κ2) is 14.9. The van der Waals surface area contributed by atoms with Crippen LogP contribution in [-0.4, -0.2) is 10.7 Å². The van der Waals surface area contributed by atoms with E-state index in [1.54, 1.807) is 20.8 Å². The molecule has 0 aliphatic heterocycles. The van der Waals surface area contributed by atoms with Crippen molar-refractivity contribution in [1.29, 1.82) is 0 Å². The quantitative estimate of drug-likeness (QED) is 0.497. The maximum Gasteiger partial charge on any atom is -0.231 e. The smallest absolute Gasteiger partial charge is 0.231 e. The summed E-state index contributed by atoms with van der Waals surface area (Å²) in [4.78, 5) is 0. The summed E-state index contributed by atoms with van der Waals surface area (Å²) in [6.07, 6.45) is 1.20. The van der Waals surface area contributed by atoms with Crippen molar-refractivity contribution < 1.29 is 22.0 Å². The summed E-state index contributed by atoms with van der Waals surface area (Å²) < 4.78 is 7.72. The van der Waals surface area contributed by atoms with Crippen LogP contribution in [0, 0.1) is 11.5 Å². The summed E-state index contributed by atoms with van der Waals surface area (Å²) in [7, 11) is 14.9. The molecule has 7 heteroatoms. The van der Waals surface area contributed by atoms with E-state index in [1.807, 2.05) is 12.1 Å². The average molecular weight is 472 g/mol. The van der Waals surface area contributed by atoms with Gasteiger partial charge in [0.25, 0.3) is 0 Å². The van der Waals surface area contributed by atoms with Gasteiger partial charge < -0.3 is 9.77 Å². The summed E-state index contributed by atoms with van der Waals surface area (Å²) in [6.45, 7) is 16.7. The van der Waals surface area contributed by atoms with Crippen molar-refractivity contribution in [2.24, 2.45) is 5.41 Å². The Morgan fingerprint density at radius 1 is 0.920 bits per heavy atom. The van der Waals surface area contributed by atoms with Gasteiger partial charge in [-0.05, 0) is 38.0 Å². The second-order valence-corrected chi connectivity index (χ2v) is 15.2. The molecule has 0 amide bonds. The predicted molar refractivity (Wildman–Crippen MR) is 108 cm³/mol. The molecule has 0 aliphatic rings. The van der Waals surface area contributed by atoms with Crippen molar-refractivity contribution in [2.75, 3.05) is 0 Å². The zero-order chi connectivity index (χ0) is 20.9. The Kier molecular flexibility index (Phi) is 18.2. The molecule has 0 aliphatic carbocycles. The van der Waals surface area contributed by atoms with Crippen molar-refractivity contribution in [3.63, 3.8) is 0 Å². The molecule has 0 heterocycles. The number of rotatable bonds is 2. The standard InChI is InChI=1S/C14H21.C4H10O.ClO.3ClH.V/c1-13(2,3)11-14(4,5)12-9-7-6-8-10-12;1-4(2,3)5;1-2;;;;/h7-10H,11H2,1-5H3;5H,1-3H3;;3*1H;/q-1;;-1;;;;+3/p-3. The molecule has 0 saturated heterocycles. The van der Waals surface area contributed by atoms with Crippen molar-refractivity contribution in [1.82, 2.24) is 0 Å². The Hall–Kier alpha value is 0.884. The minimum absolute atomic E-state index is 0.257. The van der Waals surface area contributed by atoms with Crippen molar-refractivity contribution in [2.45, 2.75) is 72.8 Å². The SMILES string of the molecule is CC(C)(C)CC(C)(C)c1cc[c-]cc1.CC(C)(C)O.[Cl][V]([Cl])[Cl].[O-]Cl. The molecule has 25 heavy (non-hydrogen) atoms. The Bertz CT molecular complexity index is 405. The van der Waals surface area contributed by atoms with Crippen LogP contribution in [0.15, 0.2) is 24.3 Å². The van der Waals surface area contributed by atoms with E-state index in [4.69, 9.17) is 39.3 Å². The Balaban J connectivity index is -0.000000365. The Labute approximate surface area is 176 Å². The number of hydrogen-bond donors (Lipinski definition) is 1. The number of benzene rings is 1. The van der Waals surface area contributed by atoms with Crippen molar-refractivity contribution in [3.05, 3.63) is 35.9 Å². The summed E-state index contributed by atoms with van der Waals surface area (Å²) in [5.74, 6) is 0. The van der Waals surface area contributed by atoms with Gasteiger partial charge in [0, 0.05) is 0 Å². The topological polar surface area (TPSA) is 43.3 Å². The first-order chi connectivity index (χ1) is 11.0. The molecule has 0 fully saturated rings. The van der Waals surface area contributed by atoms with E-state index >= 15 is 0 Å². The molecule has 0 bridgehead atoms. The van der Waals surface area contributed by atoms with Crippen LogP contribution < -0.4 is 4.66 Å². The summed E-state index contributed by atoms with van der Waals surface area (Å²) in [5, 5.41) is 8.52. The van der Waals surface area contributed by atoms with Crippen LogP contribution in [0.4, 0.5) is 0 Å². The monoisotopic (exact) mass is 470 g/mol. The van der Waals surface area contributed by atoms with Gasteiger partial charge in [-0.2, -0.15) is 35.9 Å². The largest absolute Gasteiger partial charge is 0.769 e. The number of aliphatic hydroxyl groups is 1. The van der Waals surface area contributed by atoms with Gasteiger partial charge in [0.15, 0.2) is 0 Å². The van der Waals surface area contributed by atoms with E-state index < -0.39 is 17.9 Å². The van der Waals surface area contributed by atoms with Gasteiger partial charge in [-0.25, -0.2) is 11.9 Å². The van der Waals surface area contributed by atoms with Crippen LogP contribution in [0.25, 0.3) is 0 Å². The molecule has 0 spiro atoms. The molecule has 1 aromatic rings. The first kappa shape index (κ1) is 30.6. The molecular formula is C18H31Cl4O2V-2. The number of hydrogen-bond acceptors (Lipinski definition) is 2. The molecule has 1 aromatic carbocycles. The fraction of sp³-hybridized carbons (Fsp3) is 0.667. The Morgan fingerprint density at radius 2 is 1.20 bits per heavy atom. The normalized spacial score (nSPS) is 11.3. The van der Waals surface area contributed by atoms with Crippen LogP contribution in [-0.2, 0) is 17.7 Å². The van der Waals surface area contributed by atoms with E-state index in [0.29, 0.717) is 5.41 Å². The fourth-order valence-electron chi connectivity index (χ4n) is 2.27. The molecule has 0 radical (unpaired) electrons. The molecule has 150 valence electrons. The summed E-state index contributed by atoms with van der Waals surface area (Å²) in [6, 6.07) is 11.4. The summed E-state index contributed by atoms with van der Waals surface area (Å²) in [5.41, 5.74) is 1.54. The zero-order valence-electron chi connectivity index (χ0n) is 16.3. The van der Waals surface area contributed by atoms with Gasteiger partial charge >= 0.3 is 41.8 Å². The van der Waals surface area contributed by atoms with Crippen LogP contribution >= 0.6 is 41.4 Å². The van der Waals surface area contributed by atoms with Gasteiger partial charge in [-0.1, -0.05) is 34.6 Å². The molecule has 0 unspecified atom stereocenters. The minimum Gasteiger partial charge on any atom is -0.769 e. The van der Waals surface area contributed by atoms with E-state index in [0.717, 1.165) is 0 Å². The molecule has 1 N–H and O–H groups in total. The van der Waals surface area contributed by atoms with Gasteiger partial charge in [0.05, 0.1) is 5.60 Å². The van der Waals surface area contributed by atoms with E-state index in [2.05, 4.69) is 64.7 Å². The molecule has 2 nitrogen and oxygen atoms in total. The van der Waals surface area contributed by atoms with Gasteiger partial charge in [-0.3, -0.25) is 0 Å². The third kappa shape index (κ3) is 29.9. The maximum atomic E-state index is 8.52. The third-order valence-electron chi connectivity index (χ3n) is 2.47. The average Bonchev–Trinajstić information content (AvgIpc) is 2.37. The van der Waals surface area contributed by atoms with E-state index in [-0.39, 0.29) is 5.41 Å². The van der Waals surface area contributed by atoms with Gasteiger partial charge in [0.2, 0.25) is 0 Å². The first-order valence-electron chi connectivity index (χ1n) is 7.66. The zero-order valence-corrected chi connectivity index (χ0v) is 20.8. The van der Waals surface area contributed by atoms with Crippen molar-refractivity contribution >= 4 is 41.4 Å². The molecule has 0 saturated carbocycles. The summed E-state index contributed by atoms with van der Waals surface area (Å²) >= 11 is 1.62. The molecule has 0 atom stereocenters. The maximum absolute atomic E-state index is 8.52. The van der Waals surface area contributed by atoms with Crippen LogP contribution in [0.3, 0.4) is 0 Å². The van der Waals surface area contributed by atoms with E-state index in [1.165, 1.54) is 12.0 Å². The minimum atomic E-state index is -1.77. The van der Waals surface area contributed by atoms with Crippen LogP contribution in [0.5, 0.6) is 0 Å². The van der Waals surface area contributed by atoms with Gasteiger partial charge in [-0.15, -0.1) is 0 Å². The first-order valence-corrected chi connectivity index (χ1v) is 13.7. The fourth-order valence-corrected chi connectivity index (χ4v) is 2.27. The Morgan fingerprint density at radius 3 is 1.44 bits per heavy atom. The van der Waals surface area contributed by atoms with Gasteiger partial charge in [0.1, 0.15) is 0 Å².